The fourth-order valence-corrected chi connectivity index (χ4v) is 3.18. The fourth-order valence-electron chi connectivity index (χ4n) is 2.03. The second-order valence-corrected chi connectivity index (χ2v) is 7.32. The van der Waals surface area contributed by atoms with E-state index in [0.29, 0.717) is 6.61 Å². The molecule has 1 aliphatic heterocycles. The molecule has 1 aliphatic rings. The molecule has 2 rings (SSSR count). The monoisotopic (exact) mass is 299 g/mol. The lowest BCUT2D eigenvalue weighted by Crippen LogP contribution is -2.34. The van der Waals surface area contributed by atoms with Gasteiger partial charge in [-0.2, -0.15) is 0 Å². The minimum absolute atomic E-state index is 0.207. The lowest BCUT2D eigenvalue weighted by molar-refractivity contribution is -0.137. The molecule has 5 nitrogen and oxygen atoms in total. The molecule has 0 bridgehead atoms. The van der Waals surface area contributed by atoms with E-state index in [0.717, 1.165) is 11.1 Å². The van der Waals surface area contributed by atoms with Crippen molar-refractivity contribution in [3.8, 4) is 0 Å². The summed E-state index contributed by atoms with van der Waals surface area (Å²) in [5, 5.41) is 0. The third-order valence-corrected chi connectivity index (χ3v) is 4.78. The summed E-state index contributed by atoms with van der Waals surface area (Å²) in [7, 11) is -3.51. The van der Waals surface area contributed by atoms with Gasteiger partial charge in [0.15, 0.2) is 5.79 Å². The zero-order valence-electron chi connectivity index (χ0n) is 12.3. The molecule has 112 valence electrons. The molecular weight excluding hydrogens is 278 g/mol. The molecule has 0 aromatic heterocycles. The molecular formula is C14H21NO4S. The number of benzene rings is 1. The molecule has 1 heterocycles. The van der Waals surface area contributed by atoms with E-state index in [2.05, 4.69) is 4.72 Å². The minimum Gasteiger partial charge on any atom is -0.348 e. The summed E-state index contributed by atoms with van der Waals surface area (Å²) in [4.78, 5) is 0.277. The molecule has 1 N–H and O–H groups in total. The van der Waals surface area contributed by atoms with Crippen LogP contribution in [-0.4, -0.2) is 33.5 Å². The second-order valence-electron chi connectivity index (χ2n) is 5.55. The zero-order chi connectivity index (χ0) is 15.0. The van der Waals surface area contributed by atoms with Crippen LogP contribution in [0.2, 0.25) is 0 Å². The number of ether oxygens (including phenoxy) is 2. The Labute approximate surface area is 120 Å². The maximum absolute atomic E-state index is 12.2. The van der Waals surface area contributed by atoms with Crippen LogP contribution in [-0.2, 0) is 19.5 Å². The molecule has 6 heteroatoms. The minimum atomic E-state index is -3.51. The lowest BCUT2D eigenvalue weighted by atomic mass is 10.1. The predicted octanol–water partition coefficient (Wildman–Crippen LogP) is 1.73. The molecule has 1 aromatic rings. The Balaban J connectivity index is 2.03. The number of rotatable bonds is 4. The molecule has 1 atom stereocenters. The molecule has 0 amide bonds. The van der Waals surface area contributed by atoms with Crippen molar-refractivity contribution < 1.29 is 17.9 Å². The first kappa shape index (κ1) is 15.4. The molecule has 0 radical (unpaired) electrons. The van der Waals surface area contributed by atoms with E-state index >= 15 is 0 Å². The van der Waals surface area contributed by atoms with Crippen LogP contribution in [0.15, 0.2) is 23.1 Å². The molecule has 1 saturated heterocycles. The van der Waals surface area contributed by atoms with Crippen molar-refractivity contribution in [3.63, 3.8) is 0 Å². The van der Waals surface area contributed by atoms with Crippen molar-refractivity contribution in [2.45, 2.75) is 44.5 Å². The summed E-state index contributed by atoms with van der Waals surface area (Å²) in [5.41, 5.74) is 2.02. The summed E-state index contributed by atoms with van der Waals surface area (Å²) in [6, 6.07) is 5.09. The molecule has 20 heavy (non-hydrogen) atoms. The van der Waals surface area contributed by atoms with E-state index in [4.69, 9.17) is 9.47 Å². The van der Waals surface area contributed by atoms with Gasteiger partial charge in [0.1, 0.15) is 0 Å². The van der Waals surface area contributed by atoms with Crippen molar-refractivity contribution >= 4 is 10.0 Å². The van der Waals surface area contributed by atoms with E-state index < -0.39 is 15.8 Å². The Morgan fingerprint density at radius 3 is 2.55 bits per heavy atom. The Bertz CT molecular complexity index is 595. The highest BCUT2D eigenvalue weighted by Crippen LogP contribution is 2.22. The summed E-state index contributed by atoms with van der Waals surface area (Å²) in [5.74, 6) is -0.642. The van der Waals surface area contributed by atoms with Crippen molar-refractivity contribution in [2.24, 2.45) is 0 Å². The molecule has 0 saturated carbocycles. The lowest BCUT2D eigenvalue weighted by Gasteiger charge is -2.17. The third kappa shape index (κ3) is 3.58. The van der Waals surface area contributed by atoms with Crippen molar-refractivity contribution in [3.05, 3.63) is 29.3 Å². The van der Waals surface area contributed by atoms with E-state index in [1.807, 2.05) is 33.8 Å². The summed E-state index contributed by atoms with van der Waals surface area (Å²) in [6.45, 7) is 8.06. The topological polar surface area (TPSA) is 64.6 Å². The molecule has 0 spiro atoms. The first-order chi connectivity index (χ1) is 9.20. The Morgan fingerprint density at radius 1 is 1.30 bits per heavy atom. The quantitative estimate of drug-likeness (QED) is 0.919. The van der Waals surface area contributed by atoms with E-state index in [9.17, 15) is 8.42 Å². The van der Waals surface area contributed by atoms with Crippen molar-refractivity contribution in [1.29, 1.82) is 0 Å². The Hall–Kier alpha value is -0.950. The van der Waals surface area contributed by atoms with Gasteiger partial charge in [-0.3, -0.25) is 0 Å². The number of aryl methyl sites for hydroxylation is 2. The van der Waals surface area contributed by atoms with Gasteiger partial charge < -0.3 is 9.47 Å². The maximum atomic E-state index is 12.2. The SMILES string of the molecule is Cc1ccc(S(=O)(=O)NCC2COC(C)(C)O2)cc1C. The molecule has 1 fully saturated rings. The number of hydrogen-bond donors (Lipinski definition) is 1. The van der Waals surface area contributed by atoms with E-state index in [1.54, 1.807) is 12.1 Å². The third-order valence-electron chi connectivity index (χ3n) is 3.36. The average Bonchev–Trinajstić information content (AvgIpc) is 2.70. The van der Waals surface area contributed by atoms with Gasteiger partial charge in [0, 0.05) is 6.54 Å². The highest BCUT2D eigenvalue weighted by molar-refractivity contribution is 7.89. The molecule has 1 aromatic carbocycles. The van der Waals surface area contributed by atoms with Gasteiger partial charge in [-0.1, -0.05) is 6.07 Å². The first-order valence-corrected chi connectivity index (χ1v) is 8.07. The van der Waals surface area contributed by atoms with Crippen molar-refractivity contribution in [2.75, 3.05) is 13.2 Å². The van der Waals surface area contributed by atoms with Crippen LogP contribution in [0.4, 0.5) is 0 Å². The van der Waals surface area contributed by atoms with Gasteiger partial charge in [0.25, 0.3) is 0 Å². The van der Waals surface area contributed by atoms with Gasteiger partial charge >= 0.3 is 0 Å². The van der Waals surface area contributed by atoms with Crippen LogP contribution in [0.3, 0.4) is 0 Å². The predicted molar refractivity (Wildman–Crippen MR) is 76.0 cm³/mol. The van der Waals surface area contributed by atoms with Crippen LogP contribution >= 0.6 is 0 Å². The highest BCUT2D eigenvalue weighted by atomic mass is 32.2. The highest BCUT2D eigenvalue weighted by Gasteiger charge is 2.33. The largest absolute Gasteiger partial charge is 0.348 e. The van der Waals surface area contributed by atoms with E-state index in [1.165, 1.54) is 0 Å². The van der Waals surface area contributed by atoms with Gasteiger partial charge in [-0.25, -0.2) is 13.1 Å². The van der Waals surface area contributed by atoms with Gasteiger partial charge in [-0.15, -0.1) is 0 Å². The number of sulfonamides is 1. The molecule has 1 unspecified atom stereocenters. The fraction of sp³-hybridized carbons (Fsp3) is 0.571. The van der Waals surface area contributed by atoms with Crippen molar-refractivity contribution in [1.82, 2.24) is 4.72 Å². The standard InChI is InChI=1S/C14H21NO4S/c1-10-5-6-13(7-11(10)2)20(16,17)15-8-12-9-18-14(3,4)19-12/h5-7,12,15H,8-9H2,1-4H3. The van der Waals surface area contributed by atoms with Crippen LogP contribution in [0.5, 0.6) is 0 Å². The number of hydrogen-bond acceptors (Lipinski definition) is 4. The van der Waals surface area contributed by atoms with Gasteiger partial charge in [0.05, 0.1) is 17.6 Å². The number of nitrogens with one attached hydrogen (secondary N) is 1. The molecule has 0 aliphatic carbocycles. The smallest absolute Gasteiger partial charge is 0.240 e. The Kier molecular flexibility index (Phi) is 4.20. The normalized spacial score (nSPS) is 22.1. The van der Waals surface area contributed by atoms with E-state index in [-0.39, 0.29) is 17.5 Å². The second kappa shape index (κ2) is 5.44. The average molecular weight is 299 g/mol. The zero-order valence-corrected chi connectivity index (χ0v) is 13.1. The first-order valence-electron chi connectivity index (χ1n) is 6.58. The summed E-state index contributed by atoms with van der Waals surface area (Å²) >= 11 is 0. The van der Waals surface area contributed by atoms with Crippen LogP contribution < -0.4 is 4.72 Å². The van der Waals surface area contributed by atoms with Gasteiger partial charge in [-0.05, 0) is 51.0 Å². The van der Waals surface area contributed by atoms with Gasteiger partial charge in [0.2, 0.25) is 10.0 Å². The summed E-state index contributed by atoms with van der Waals surface area (Å²) in [6.07, 6.45) is -0.258. The van der Waals surface area contributed by atoms with Crippen LogP contribution in [0, 0.1) is 13.8 Å². The van der Waals surface area contributed by atoms with Crippen LogP contribution in [0.25, 0.3) is 0 Å². The summed E-state index contributed by atoms with van der Waals surface area (Å²) < 4.78 is 38.0. The van der Waals surface area contributed by atoms with Crippen LogP contribution in [0.1, 0.15) is 25.0 Å². The maximum Gasteiger partial charge on any atom is 0.240 e. The Morgan fingerprint density at radius 2 is 2.00 bits per heavy atom.